The molecule has 10 nitrogen and oxygen atoms in total. The molecule has 0 aliphatic rings. The normalized spacial score (nSPS) is 10.7. The number of methoxy groups -OCH3 is 4. The standard InChI is InChI=1S/C33H52N4O6/c1-40-28-12-14-30(42-3)26(22-28)24-32(38)36-20-10-18-34-16-8-6-5-7-9-17-35-19-11-21-37-33(39)25-27-23-29(41-2)13-15-31(27)43-4/h12-15,22-23,34-35H,5-11,16-21,24-25H2,1-4H3,(H,36,38)(H,37,39). The van der Waals surface area contributed by atoms with Gasteiger partial charge in [-0.1, -0.05) is 19.3 Å². The summed E-state index contributed by atoms with van der Waals surface area (Å²) in [5.74, 6) is 2.77. The third-order valence-corrected chi connectivity index (χ3v) is 7.09. The van der Waals surface area contributed by atoms with Gasteiger partial charge in [0.05, 0.1) is 41.3 Å². The Balaban J connectivity index is 1.36. The van der Waals surface area contributed by atoms with E-state index in [9.17, 15) is 9.59 Å². The van der Waals surface area contributed by atoms with E-state index in [0.29, 0.717) is 36.1 Å². The lowest BCUT2D eigenvalue weighted by Gasteiger charge is -2.11. The van der Waals surface area contributed by atoms with Gasteiger partial charge in [-0.2, -0.15) is 0 Å². The highest BCUT2D eigenvalue weighted by molar-refractivity contribution is 5.80. The van der Waals surface area contributed by atoms with Crippen LogP contribution in [-0.4, -0.2) is 79.5 Å². The molecule has 0 saturated carbocycles. The van der Waals surface area contributed by atoms with Crippen molar-refractivity contribution >= 4 is 11.8 Å². The molecule has 0 saturated heterocycles. The number of hydrogen-bond donors (Lipinski definition) is 4. The van der Waals surface area contributed by atoms with Gasteiger partial charge in [0.1, 0.15) is 23.0 Å². The van der Waals surface area contributed by atoms with Gasteiger partial charge in [0.2, 0.25) is 11.8 Å². The minimum Gasteiger partial charge on any atom is -0.497 e. The summed E-state index contributed by atoms with van der Waals surface area (Å²) in [6.45, 7) is 5.09. The molecule has 0 radical (unpaired) electrons. The largest absolute Gasteiger partial charge is 0.497 e. The fourth-order valence-corrected chi connectivity index (χ4v) is 4.67. The van der Waals surface area contributed by atoms with Gasteiger partial charge in [-0.3, -0.25) is 9.59 Å². The molecule has 0 fully saturated rings. The molecule has 2 rings (SSSR count). The molecule has 4 N–H and O–H groups in total. The fraction of sp³-hybridized carbons (Fsp3) is 0.576. The lowest BCUT2D eigenvalue weighted by Crippen LogP contribution is -2.29. The molecule has 0 unspecified atom stereocenters. The summed E-state index contributed by atoms with van der Waals surface area (Å²) >= 11 is 0. The molecule has 0 aliphatic carbocycles. The first-order valence-electron chi connectivity index (χ1n) is 15.4. The molecule has 0 aliphatic heterocycles. The minimum atomic E-state index is -0.0188. The Morgan fingerprint density at radius 1 is 0.512 bits per heavy atom. The van der Waals surface area contributed by atoms with Crippen LogP contribution in [0.4, 0.5) is 0 Å². The Labute approximate surface area is 257 Å². The first kappa shape index (κ1) is 35.7. The molecule has 0 atom stereocenters. The fourth-order valence-electron chi connectivity index (χ4n) is 4.67. The first-order chi connectivity index (χ1) is 21.0. The van der Waals surface area contributed by atoms with Crippen molar-refractivity contribution in [1.29, 1.82) is 0 Å². The number of unbranched alkanes of at least 4 members (excludes halogenated alkanes) is 4. The topological polar surface area (TPSA) is 119 Å². The predicted molar refractivity (Wildman–Crippen MR) is 171 cm³/mol. The van der Waals surface area contributed by atoms with Crippen molar-refractivity contribution in [3.8, 4) is 23.0 Å². The van der Waals surface area contributed by atoms with E-state index in [1.807, 2.05) is 36.4 Å². The van der Waals surface area contributed by atoms with E-state index < -0.39 is 0 Å². The zero-order valence-electron chi connectivity index (χ0n) is 26.5. The summed E-state index contributed by atoms with van der Waals surface area (Å²) in [7, 11) is 6.42. The molecule has 43 heavy (non-hydrogen) atoms. The smallest absolute Gasteiger partial charge is 0.224 e. The zero-order chi connectivity index (χ0) is 31.1. The van der Waals surface area contributed by atoms with Crippen molar-refractivity contribution in [1.82, 2.24) is 21.3 Å². The van der Waals surface area contributed by atoms with Crippen LogP contribution in [0.5, 0.6) is 23.0 Å². The van der Waals surface area contributed by atoms with Crippen molar-refractivity contribution in [3.63, 3.8) is 0 Å². The van der Waals surface area contributed by atoms with Gasteiger partial charge in [-0.05, 0) is 88.3 Å². The highest BCUT2D eigenvalue weighted by Gasteiger charge is 2.11. The van der Waals surface area contributed by atoms with Crippen molar-refractivity contribution in [2.24, 2.45) is 0 Å². The summed E-state index contributed by atoms with van der Waals surface area (Å²) in [4.78, 5) is 24.6. The second-order valence-corrected chi connectivity index (χ2v) is 10.4. The summed E-state index contributed by atoms with van der Waals surface area (Å²) in [5.41, 5.74) is 1.63. The van der Waals surface area contributed by atoms with Crippen LogP contribution >= 0.6 is 0 Å². The van der Waals surface area contributed by atoms with Crippen molar-refractivity contribution in [3.05, 3.63) is 47.5 Å². The summed E-state index contributed by atoms with van der Waals surface area (Å²) in [5, 5.41) is 12.9. The van der Waals surface area contributed by atoms with Crippen LogP contribution in [0.2, 0.25) is 0 Å². The number of carbonyl (C=O) groups is 2. The summed E-state index contributed by atoms with van der Waals surface area (Å²) < 4.78 is 21.2. The van der Waals surface area contributed by atoms with Crippen molar-refractivity contribution in [2.45, 2.75) is 57.8 Å². The number of nitrogens with one attached hydrogen (secondary N) is 4. The van der Waals surface area contributed by atoms with Crippen LogP contribution in [0.3, 0.4) is 0 Å². The van der Waals surface area contributed by atoms with Crippen LogP contribution in [-0.2, 0) is 22.4 Å². The average Bonchev–Trinajstić information content (AvgIpc) is 3.02. The highest BCUT2D eigenvalue weighted by atomic mass is 16.5. The monoisotopic (exact) mass is 600 g/mol. The molecule has 2 aromatic rings. The van der Waals surface area contributed by atoms with E-state index in [1.54, 1.807) is 28.4 Å². The molecule has 0 spiro atoms. The lowest BCUT2D eigenvalue weighted by atomic mass is 10.1. The van der Waals surface area contributed by atoms with Gasteiger partial charge in [-0.15, -0.1) is 0 Å². The van der Waals surface area contributed by atoms with E-state index in [1.165, 1.54) is 19.3 Å². The van der Waals surface area contributed by atoms with E-state index in [4.69, 9.17) is 18.9 Å². The van der Waals surface area contributed by atoms with Gasteiger partial charge in [0.15, 0.2) is 0 Å². The number of amides is 2. The number of hydrogen-bond acceptors (Lipinski definition) is 8. The second-order valence-electron chi connectivity index (χ2n) is 10.4. The Kier molecular flexibility index (Phi) is 18.3. The Bertz CT molecular complexity index is 998. The van der Waals surface area contributed by atoms with Crippen LogP contribution in [0.1, 0.15) is 56.1 Å². The number of rotatable bonds is 24. The third-order valence-electron chi connectivity index (χ3n) is 7.09. The Hall–Kier alpha value is -3.50. The molecule has 0 heterocycles. The Morgan fingerprint density at radius 2 is 0.907 bits per heavy atom. The molecule has 0 bridgehead atoms. The van der Waals surface area contributed by atoms with Crippen molar-refractivity contribution in [2.75, 3.05) is 67.7 Å². The van der Waals surface area contributed by atoms with Gasteiger partial charge in [0.25, 0.3) is 0 Å². The maximum absolute atomic E-state index is 12.3. The minimum absolute atomic E-state index is 0.0188. The average molecular weight is 601 g/mol. The van der Waals surface area contributed by atoms with Crippen molar-refractivity contribution < 1.29 is 28.5 Å². The zero-order valence-corrected chi connectivity index (χ0v) is 26.5. The highest BCUT2D eigenvalue weighted by Crippen LogP contribution is 2.25. The summed E-state index contributed by atoms with van der Waals surface area (Å²) in [6.07, 6.45) is 8.32. The maximum atomic E-state index is 12.3. The summed E-state index contributed by atoms with van der Waals surface area (Å²) in [6, 6.07) is 11.0. The third kappa shape index (κ3) is 15.0. The van der Waals surface area contributed by atoms with Crippen LogP contribution in [0, 0.1) is 0 Å². The number of benzene rings is 2. The second kappa shape index (κ2) is 22.1. The maximum Gasteiger partial charge on any atom is 0.224 e. The molecule has 0 aromatic heterocycles. The molecular formula is C33H52N4O6. The SMILES string of the molecule is COc1ccc(OC)c(CC(=O)NCCCNCCCCCCCNCCCNC(=O)Cc2cc(OC)ccc2OC)c1. The molecule has 2 amide bonds. The lowest BCUT2D eigenvalue weighted by molar-refractivity contribution is -0.121. The van der Waals surface area contributed by atoms with Gasteiger partial charge in [-0.25, -0.2) is 0 Å². The van der Waals surface area contributed by atoms with E-state index in [2.05, 4.69) is 21.3 Å². The molecule has 10 heteroatoms. The van der Waals surface area contributed by atoms with Crippen LogP contribution < -0.4 is 40.2 Å². The number of carbonyl (C=O) groups excluding carboxylic acids is 2. The first-order valence-corrected chi connectivity index (χ1v) is 15.4. The van der Waals surface area contributed by atoms with Crippen LogP contribution in [0.15, 0.2) is 36.4 Å². The van der Waals surface area contributed by atoms with Gasteiger partial charge in [0, 0.05) is 24.2 Å². The Morgan fingerprint density at radius 3 is 1.30 bits per heavy atom. The molecule has 2 aromatic carbocycles. The van der Waals surface area contributed by atoms with E-state index >= 15 is 0 Å². The van der Waals surface area contributed by atoms with Gasteiger partial charge < -0.3 is 40.2 Å². The van der Waals surface area contributed by atoms with E-state index in [0.717, 1.165) is 63.0 Å². The van der Waals surface area contributed by atoms with Gasteiger partial charge >= 0.3 is 0 Å². The van der Waals surface area contributed by atoms with E-state index in [-0.39, 0.29) is 24.7 Å². The van der Waals surface area contributed by atoms with Crippen LogP contribution in [0.25, 0.3) is 0 Å². The predicted octanol–water partition coefficient (Wildman–Crippen LogP) is 3.65. The molecule has 240 valence electrons. The number of ether oxygens (including phenoxy) is 4. The quantitative estimate of drug-likeness (QED) is 0.135. The molecular weight excluding hydrogens is 548 g/mol.